The van der Waals surface area contributed by atoms with E-state index in [1.807, 2.05) is 37.3 Å². The van der Waals surface area contributed by atoms with Gasteiger partial charge in [-0.05, 0) is 19.1 Å². The van der Waals surface area contributed by atoms with Crippen LogP contribution >= 0.6 is 0 Å². The van der Waals surface area contributed by atoms with Crippen molar-refractivity contribution in [3.8, 4) is 0 Å². The van der Waals surface area contributed by atoms with Crippen LogP contribution in [0.5, 0.6) is 0 Å². The molecule has 0 aliphatic rings. The Morgan fingerprint density at radius 1 is 1.33 bits per heavy atom. The third kappa shape index (κ3) is 3.47. The van der Waals surface area contributed by atoms with Gasteiger partial charge < -0.3 is 15.8 Å². The van der Waals surface area contributed by atoms with Crippen LogP contribution in [0.4, 0.5) is 0 Å². The van der Waals surface area contributed by atoms with Crippen molar-refractivity contribution in [1.29, 1.82) is 0 Å². The fourth-order valence-electron chi connectivity index (χ4n) is 2.05. The molecule has 0 radical (unpaired) electrons. The van der Waals surface area contributed by atoms with E-state index in [1.165, 1.54) is 0 Å². The van der Waals surface area contributed by atoms with Gasteiger partial charge in [0.05, 0.1) is 5.52 Å². The number of para-hydroxylation sites is 1. The molecule has 1 heterocycles. The summed E-state index contributed by atoms with van der Waals surface area (Å²) in [5.41, 5.74) is 6.62. The number of carbonyl (C=O) groups is 1. The van der Waals surface area contributed by atoms with Crippen molar-refractivity contribution in [3.63, 3.8) is 0 Å². The maximum Gasteiger partial charge on any atom is 0.272 e. The van der Waals surface area contributed by atoms with Gasteiger partial charge in [0.25, 0.3) is 5.91 Å². The molecule has 0 aliphatic heterocycles. The Bertz CT molecular complexity index is 670. The van der Waals surface area contributed by atoms with E-state index in [0.717, 1.165) is 10.9 Å². The summed E-state index contributed by atoms with van der Waals surface area (Å²) >= 11 is 0. The van der Waals surface area contributed by atoms with E-state index < -0.39 is 0 Å². The number of pyridine rings is 1. The molecule has 1 amide bonds. The summed E-state index contributed by atoms with van der Waals surface area (Å²) in [6.45, 7) is 2.80. The molecule has 3 N–H and O–H groups in total. The van der Waals surface area contributed by atoms with Crippen molar-refractivity contribution < 1.29 is 10.0 Å². The first-order valence-electron chi connectivity index (χ1n) is 6.77. The Balaban J connectivity index is 2.18. The zero-order valence-electron chi connectivity index (χ0n) is 11.9. The van der Waals surface area contributed by atoms with Gasteiger partial charge in [0.1, 0.15) is 11.5 Å². The molecule has 0 aliphatic carbocycles. The van der Waals surface area contributed by atoms with Gasteiger partial charge in [-0.25, -0.2) is 4.98 Å². The topological polar surface area (TPSA) is 91.8 Å². The average Bonchev–Trinajstić information content (AvgIpc) is 2.54. The summed E-state index contributed by atoms with van der Waals surface area (Å²) in [5.74, 6) is -0.0540. The molecule has 2 rings (SSSR count). The Morgan fingerprint density at radius 2 is 2.10 bits per heavy atom. The molecule has 0 bridgehead atoms. The number of rotatable bonds is 5. The van der Waals surface area contributed by atoms with Crippen LogP contribution in [0.2, 0.25) is 0 Å². The number of nitrogens with zero attached hydrogens (tertiary/aromatic N) is 3. The summed E-state index contributed by atoms with van der Waals surface area (Å²) in [5, 5.41) is 12.4. The van der Waals surface area contributed by atoms with E-state index in [2.05, 4.69) is 10.1 Å². The molecule has 2 aromatic rings. The van der Waals surface area contributed by atoms with Crippen LogP contribution in [-0.4, -0.2) is 39.9 Å². The highest BCUT2D eigenvalue weighted by molar-refractivity contribution is 5.95. The monoisotopic (exact) mass is 286 g/mol. The predicted octanol–water partition coefficient (Wildman–Crippen LogP) is 1.83. The van der Waals surface area contributed by atoms with E-state index in [0.29, 0.717) is 25.2 Å². The van der Waals surface area contributed by atoms with Crippen molar-refractivity contribution >= 4 is 22.6 Å². The first-order valence-corrected chi connectivity index (χ1v) is 6.77. The largest absolute Gasteiger partial charge is 0.409 e. The quantitative estimate of drug-likeness (QED) is 0.379. The molecular formula is C15H18N4O2. The van der Waals surface area contributed by atoms with Crippen LogP contribution in [0.15, 0.2) is 41.6 Å². The summed E-state index contributed by atoms with van der Waals surface area (Å²) in [6, 6.07) is 11.2. The van der Waals surface area contributed by atoms with Gasteiger partial charge in [0.2, 0.25) is 0 Å². The minimum Gasteiger partial charge on any atom is -0.409 e. The molecule has 0 unspecified atom stereocenters. The number of hydrogen-bond donors (Lipinski definition) is 2. The summed E-state index contributed by atoms with van der Waals surface area (Å²) in [6.07, 6.45) is 0.323. The highest BCUT2D eigenvalue weighted by atomic mass is 16.4. The normalized spacial score (nSPS) is 11.6. The van der Waals surface area contributed by atoms with Crippen LogP contribution in [0.1, 0.15) is 23.8 Å². The molecule has 0 spiro atoms. The van der Waals surface area contributed by atoms with Crippen molar-refractivity contribution in [2.24, 2.45) is 10.9 Å². The first kappa shape index (κ1) is 14.8. The van der Waals surface area contributed by atoms with E-state index in [1.54, 1.807) is 11.0 Å². The van der Waals surface area contributed by atoms with Crippen molar-refractivity contribution in [1.82, 2.24) is 9.88 Å². The standard InChI is InChI=1S/C15H18N4O2/c1-2-19(10-9-14(16)18-21)15(20)13-8-7-11-5-3-4-6-12(11)17-13/h3-8,21H,2,9-10H2,1H3,(H2,16,18). The van der Waals surface area contributed by atoms with Crippen LogP contribution in [0.3, 0.4) is 0 Å². The maximum absolute atomic E-state index is 12.4. The van der Waals surface area contributed by atoms with E-state index in [-0.39, 0.29) is 11.7 Å². The fraction of sp³-hybridized carbons (Fsp3) is 0.267. The lowest BCUT2D eigenvalue weighted by Gasteiger charge is -2.20. The van der Waals surface area contributed by atoms with Crippen LogP contribution < -0.4 is 5.73 Å². The third-order valence-corrected chi connectivity index (χ3v) is 3.25. The molecule has 1 aromatic heterocycles. The number of amides is 1. The molecule has 6 nitrogen and oxygen atoms in total. The van der Waals surface area contributed by atoms with Gasteiger partial charge in [0, 0.05) is 24.9 Å². The number of carbonyl (C=O) groups excluding carboxylic acids is 1. The van der Waals surface area contributed by atoms with Crippen molar-refractivity contribution in [2.75, 3.05) is 13.1 Å². The molecule has 1 aromatic carbocycles. The van der Waals surface area contributed by atoms with Crippen LogP contribution in [0.25, 0.3) is 10.9 Å². The lowest BCUT2D eigenvalue weighted by molar-refractivity contribution is 0.0763. The minimum atomic E-state index is -0.158. The van der Waals surface area contributed by atoms with Crippen LogP contribution in [0, 0.1) is 0 Å². The number of fused-ring (bicyclic) bond motifs is 1. The lowest BCUT2D eigenvalue weighted by atomic mass is 10.2. The minimum absolute atomic E-state index is 0.104. The average molecular weight is 286 g/mol. The molecule has 0 saturated heterocycles. The summed E-state index contributed by atoms with van der Waals surface area (Å²) in [4.78, 5) is 18.5. The Kier molecular flexibility index (Phi) is 4.71. The number of aromatic nitrogens is 1. The van der Waals surface area contributed by atoms with E-state index >= 15 is 0 Å². The predicted molar refractivity (Wildman–Crippen MR) is 81.3 cm³/mol. The van der Waals surface area contributed by atoms with E-state index in [4.69, 9.17) is 10.9 Å². The lowest BCUT2D eigenvalue weighted by Crippen LogP contribution is -2.34. The smallest absolute Gasteiger partial charge is 0.272 e. The van der Waals surface area contributed by atoms with Gasteiger partial charge in [-0.2, -0.15) is 0 Å². The molecule has 0 atom stereocenters. The van der Waals surface area contributed by atoms with E-state index in [9.17, 15) is 4.79 Å². The molecule has 110 valence electrons. The molecule has 0 fully saturated rings. The highest BCUT2D eigenvalue weighted by Gasteiger charge is 2.16. The van der Waals surface area contributed by atoms with Crippen LogP contribution in [-0.2, 0) is 0 Å². The van der Waals surface area contributed by atoms with Gasteiger partial charge >= 0.3 is 0 Å². The molecular weight excluding hydrogens is 268 g/mol. The van der Waals surface area contributed by atoms with Gasteiger partial charge in [-0.3, -0.25) is 4.79 Å². The maximum atomic E-state index is 12.4. The van der Waals surface area contributed by atoms with Crippen molar-refractivity contribution in [3.05, 3.63) is 42.1 Å². The third-order valence-electron chi connectivity index (χ3n) is 3.25. The highest BCUT2D eigenvalue weighted by Crippen LogP contribution is 2.13. The Hall–Kier alpha value is -2.63. The van der Waals surface area contributed by atoms with Gasteiger partial charge in [-0.15, -0.1) is 0 Å². The Labute approximate surface area is 122 Å². The Morgan fingerprint density at radius 3 is 2.81 bits per heavy atom. The number of benzene rings is 1. The second-order valence-corrected chi connectivity index (χ2v) is 4.62. The second kappa shape index (κ2) is 6.69. The summed E-state index contributed by atoms with van der Waals surface area (Å²) in [7, 11) is 0. The summed E-state index contributed by atoms with van der Waals surface area (Å²) < 4.78 is 0. The number of nitrogens with two attached hydrogens (primary N) is 1. The van der Waals surface area contributed by atoms with Gasteiger partial charge in [-0.1, -0.05) is 29.4 Å². The fourth-order valence-corrected chi connectivity index (χ4v) is 2.05. The number of hydrogen-bond acceptors (Lipinski definition) is 4. The van der Waals surface area contributed by atoms with Gasteiger partial charge in [0.15, 0.2) is 0 Å². The number of amidine groups is 1. The number of oxime groups is 1. The molecule has 0 saturated carbocycles. The zero-order chi connectivity index (χ0) is 15.2. The van der Waals surface area contributed by atoms with Crippen molar-refractivity contribution in [2.45, 2.75) is 13.3 Å². The molecule has 21 heavy (non-hydrogen) atoms. The molecule has 6 heteroatoms. The SMILES string of the molecule is CCN(CCC(N)=NO)C(=O)c1ccc2ccccc2n1. The zero-order valence-corrected chi connectivity index (χ0v) is 11.9. The first-order chi connectivity index (χ1) is 10.2. The second-order valence-electron chi connectivity index (χ2n) is 4.62.